The van der Waals surface area contributed by atoms with Crippen LogP contribution in [0.4, 0.5) is 0 Å². The molecule has 3 atom stereocenters. The van der Waals surface area contributed by atoms with Gasteiger partial charge < -0.3 is 5.73 Å². The van der Waals surface area contributed by atoms with Crippen molar-refractivity contribution in [1.82, 2.24) is 9.80 Å². The average Bonchev–Trinajstić information content (AvgIpc) is 3.24. The minimum Gasteiger partial charge on any atom is -0.384 e. The number of nitrogens with one attached hydrogen (secondary N) is 1. The average molecular weight is 467 g/mol. The van der Waals surface area contributed by atoms with E-state index in [9.17, 15) is 9.59 Å². The van der Waals surface area contributed by atoms with E-state index in [2.05, 4.69) is 4.90 Å². The number of carbonyl (C=O) groups excluding carboxylic acids is 2. The molecule has 2 heterocycles. The molecule has 178 valence electrons. The normalized spacial score (nSPS) is 23.7. The quantitative estimate of drug-likeness (QED) is 0.336. The van der Waals surface area contributed by atoms with Gasteiger partial charge in [0.15, 0.2) is 0 Å². The van der Waals surface area contributed by atoms with Gasteiger partial charge in [0.25, 0.3) is 0 Å². The number of carbonyl (C=O) groups is 2. The molecule has 2 saturated heterocycles. The van der Waals surface area contributed by atoms with Gasteiger partial charge in [0, 0.05) is 17.1 Å². The van der Waals surface area contributed by atoms with Crippen LogP contribution in [0.2, 0.25) is 0 Å². The summed E-state index contributed by atoms with van der Waals surface area (Å²) in [5.41, 5.74) is 8.52. The molecule has 35 heavy (non-hydrogen) atoms. The zero-order chi connectivity index (χ0) is 24.9. The van der Waals surface area contributed by atoms with Crippen LogP contribution < -0.4 is 5.73 Å². The Morgan fingerprint density at radius 1 is 0.857 bits per heavy atom. The fourth-order valence-corrected chi connectivity index (χ4v) is 5.90. The van der Waals surface area contributed by atoms with Crippen LogP contribution in [0.1, 0.15) is 48.2 Å². The number of imide groups is 1. The summed E-state index contributed by atoms with van der Waals surface area (Å²) in [6.45, 7) is 4.09. The molecule has 2 amide bonds. The van der Waals surface area contributed by atoms with E-state index < -0.39 is 23.4 Å². The zero-order valence-corrected chi connectivity index (χ0v) is 20.2. The van der Waals surface area contributed by atoms with Crippen LogP contribution in [-0.2, 0) is 9.59 Å². The van der Waals surface area contributed by atoms with Crippen LogP contribution in [0, 0.1) is 17.2 Å². The van der Waals surface area contributed by atoms with Crippen molar-refractivity contribution >= 4 is 17.6 Å². The van der Waals surface area contributed by atoms with Gasteiger partial charge >= 0.3 is 0 Å². The van der Waals surface area contributed by atoms with Crippen LogP contribution in [0.25, 0.3) is 0 Å². The zero-order valence-electron chi connectivity index (χ0n) is 20.2. The molecule has 0 aromatic heterocycles. The molecule has 5 rings (SSSR count). The second-order valence-electron chi connectivity index (χ2n) is 10.0. The number of amides is 2. The van der Waals surface area contributed by atoms with Crippen molar-refractivity contribution in [2.75, 3.05) is 7.05 Å². The smallest absolute Gasteiger partial charge is 0.235 e. The van der Waals surface area contributed by atoms with Gasteiger partial charge in [0.05, 0.1) is 17.9 Å². The molecular weight excluding hydrogens is 436 g/mol. The lowest BCUT2D eigenvalue weighted by Gasteiger charge is -2.37. The Balaban J connectivity index is 1.61. The van der Waals surface area contributed by atoms with E-state index in [1.54, 1.807) is 0 Å². The van der Waals surface area contributed by atoms with Crippen molar-refractivity contribution in [3.8, 4) is 0 Å². The van der Waals surface area contributed by atoms with E-state index in [4.69, 9.17) is 11.1 Å². The first-order chi connectivity index (χ1) is 16.7. The first kappa shape index (κ1) is 23.0. The molecule has 0 saturated carbocycles. The predicted molar refractivity (Wildman–Crippen MR) is 136 cm³/mol. The summed E-state index contributed by atoms with van der Waals surface area (Å²) in [7, 11) is 1.98. The largest absolute Gasteiger partial charge is 0.384 e. The molecule has 2 fully saturated rings. The highest BCUT2D eigenvalue weighted by Crippen LogP contribution is 2.55. The van der Waals surface area contributed by atoms with Crippen LogP contribution in [-0.4, -0.2) is 40.0 Å². The summed E-state index contributed by atoms with van der Waals surface area (Å²) in [5, 5.41) is 7.69. The molecule has 3 N–H and O–H groups in total. The van der Waals surface area contributed by atoms with Gasteiger partial charge in [-0.1, -0.05) is 84.9 Å². The summed E-state index contributed by atoms with van der Waals surface area (Å²) in [6.07, 6.45) is 0. The highest BCUT2D eigenvalue weighted by molar-refractivity contribution is 6.07. The molecule has 0 spiro atoms. The maximum atomic E-state index is 14.2. The maximum Gasteiger partial charge on any atom is 0.235 e. The molecule has 0 bridgehead atoms. The first-order valence-electron chi connectivity index (χ1n) is 11.9. The number of nitrogens with two attached hydrogens (primary N) is 1. The molecule has 3 aromatic carbocycles. The summed E-state index contributed by atoms with van der Waals surface area (Å²) < 4.78 is 0. The standard InChI is InChI=1S/C29H30N4O2/c1-29(2)23-22(25(32(29)3)20-14-16-21(17-15-20)26(30)31)27(34)33(28(23)35)24(18-10-6-4-7-11-18)19-12-8-5-9-13-19/h4-17,22-25H,1-3H3,(H3,30,31)/t22-,23-,25-/m0/s1. The van der Waals surface area contributed by atoms with Gasteiger partial charge in [-0.15, -0.1) is 0 Å². The number of hydrogen-bond donors (Lipinski definition) is 2. The molecule has 0 unspecified atom stereocenters. The van der Waals surface area contributed by atoms with Gasteiger partial charge in [-0.3, -0.25) is 24.8 Å². The number of fused-ring (bicyclic) bond motifs is 1. The van der Waals surface area contributed by atoms with E-state index in [0.29, 0.717) is 5.56 Å². The van der Waals surface area contributed by atoms with Gasteiger partial charge in [-0.2, -0.15) is 0 Å². The number of likely N-dealkylation sites (tertiary alicyclic amines) is 2. The van der Waals surface area contributed by atoms with Crippen molar-refractivity contribution in [3.05, 3.63) is 107 Å². The van der Waals surface area contributed by atoms with Crippen LogP contribution in [0.5, 0.6) is 0 Å². The summed E-state index contributed by atoms with van der Waals surface area (Å²) in [5.74, 6) is -1.23. The van der Waals surface area contributed by atoms with Gasteiger partial charge in [-0.05, 0) is 37.6 Å². The highest BCUT2D eigenvalue weighted by Gasteiger charge is 2.65. The molecule has 6 nitrogen and oxygen atoms in total. The predicted octanol–water partition coefficient (Wildman–Crippen LogP) is 4.13. The fraction of sp³-hybridized carbons (Fsp3) is 0.276. The number of nitrogen functional groups attached to an aromatic ring is 1. The SMILES string of the molecule is CN1[C@@H](c2ccc(C(=N)N)cc2)[C@H]2C(=O)N(C(c3ccccc3)c3ccccc3)C(=O)[C@H]2C1(C)C. The maximum absolute atomic E-state index is 14.2. The Morgan fingerprint density at radius 3 is 1.86 bits per heavy atom. The van der Waals surface area contributed by atoms with E-state index >= 15 is 0 Å². The second kappa shape index (κ2) is 8.47. The Kier molecular flexibility index (Phi) is 5.56. The number of amidine groups is 1. The third kappa shape index (κ3) is 3.56. The lowest BCUT2D eigenvalue weighted by atomic mass is 9.81. The number of benzene rings is 3. The van der Waals surface area contributed by atoms with Crippen molar-refractivity contribution in [3.63, 3.8) is 0 Å². The molecule has 3 aromatic rings. The summed E-state index contributed by atoms with van der Waals surface area (Å²) in [4.78, 5) is 32.0. The highest BCUT2D eigenvalue weighted by atomic mass is 16.2. The molecule has 2 aliphatic heterocycles. The van der Waals surface area contributed by atoms with Crippen LogP contribution in [0.15, 0.2) is 84.9 Å². The minimum absolute atomic E-state index is 0.00129. The van der Waals surface area contributed by atoms with Gasteiger partial charge in [0.1, 0.15) is 5.84 Å². The Bertz CT molecular complexity index is 1230. The van der Waals surface area contributed by atoms with E-state index in [1.807, 2.05) is 106 Å². The molecule has 0 radical (unpaired) electrons. The second-order valence-corrected chi connectivity index (χ2v) is 10.0. The van der Waals surface area contributed by atoms with Gasteiger partial charge in [0.2, 0.25) is 11.8 Å². The number of nitrogens with zero attached hydrogens (tertiary/aromatic N) is 2. The van der Waals surface area contributed by atoms with Crippen molar-refractivity contribution in [2.45, 2.75) is 31.5 Å². The Labute approximate surface area is 205 Å². The fourth-order valence-electron chi connectivity index (χ4n) is 5.90. The minimum atomic E-state index is -0.520. The number of rotatable bonds is 5. The van der Waals surface area contributed by atoms with Crippen LogP contribution in [0.3, 0.4) is 0 Å². The van der Waals surface area contributed by atoms with E-state index in [0.717, 1.165) is 16.7 Å². The van der Waals surface area contributed by atoms with Crippen molar-refractivity contribution in [1.29, 1.82) is 5.41 Å². The monoisotopic (exact) mass is 466 g/mol. The molecule has 6 heteroatoms. The summed E-state index contributed by atoms with van der Waals surface area (Å²) >= 11 is 0. The topological polar surface area (TPSA) is 90.5 Å². The summed E-state index contributed by atoms with van der Waals surface area (Å²) in [6, 6.07) is 26.2. The lowest BCUT2D eigenvalue weighted by molar-refractivity contribution is -0.144. The van der Waals surface area contributed by atoms with E-state index in [1.165, 1.54) is 4.90 Å². The Morgan fingerprint density at radius 2 is 1.37 bits per heavy atom. The number of hydrogen-bond acceptors (Lipinski definition) is 4. The van der Waals surface area contributed by atoms with E-state index in [-0.39, 0.29) is 23.7 Å². The molecule has 2 aliphatic rings. The first-order valence-corrected chi connectivity index (χ1v) is 11.9. The van der Waals surface area contributed by atoms with Gasteiger partial charge in [-0.25, -0.2) is 0 Å². The Hall–Kier alpha value is -3.77. The third-order valence-corrected chi connectivity index (χ3v) is 7.86. The lowest BCUT2D eigenvalue weighted by Crippen LogP contribution is -2.47. The molecule has 0 aliphatic carbocycles. The van der Waals surface area contributed by atoms with Crippen LogP contribution >= 0.6 is 0 Å². The third-order valence-electron chi connectivity index (χ3n) is 7.86. The van der Waals surface area contributed by atoms with Crippen molar-refractivity contribution in [2.24, 2.45) is 17.6 Å². The van der Waals surface area contributed by atoms with Crippen molar-refractivity contribution < 1.29 is 9.59 Å². The molecular formula is C29H30N4O2.